The number of aromatic hydroxyl groups is 1. The first-order chi connectivity index (χ1) is 12.1. The molecule has 0 aliphatic carbocycles. The molecule has 0 amide bonds. The molecule has 1 N–H and O–H groups in total. The van der Waals surface area contributed by atoms with Crippen molar-refractivity contribution in [2.45, 2.75) is 19.3 Å². The van der Waals surface area contributed by atoms with E-state index in [2.05, 4.69) is 22.8 Å². The maximum absolute atomic E-state index is 10.3. The second-order valence-corrected chi connectivity index (χ2v) is 8.08. The largest absolute Gasteiger partial charge is 0.493 e. The van der Waals surface area contributed by atoms with Gasteiger partial charge in [-0.2, -0.15) is 0 Å². The molecule has 0 spiro atoms. The summed E-state index contributed by atoms with van der Waals surface area (Å²) in [5.41, 5.74) is 1.03. The van der Waals surface area contributed by atoms with E-state index < -0.39 is 0 Å². The minimum absolute atomic E-state index is 0.216. The minimum Gasteiger partial charge on any atom is -0.493 e. The van der Waals surface area contributed by atoms with Crippen molar-refractivity contribution >= 4 is 41.5 Å². The predicted octanol–water partition coefficient (Wildman–Crippen LogP) is 2.61. The van der Waals surface area contributed by atoms with Crippen LogP contribution in [0.1, 0.15) is 24.1 Å². The van der Waals surface area contributed by atoms with Gasteiger partial charge in [-0.15, -0.1) is 11.3 Å². The molecular formula is C19H20N3OS2+. The Kier molecular flexibility index (Phi) is 4.39. The van der Waals surface area contributed by atoms with Gasteiger partial charge in [-0.05, 0) is 54.7 Å². The van der Waals surface area contributed by atoms with Gasteiger partial charge in [-0.1, -0.05) is 18.2 Å². The molecule has 1 fully saturated rings. The quantitative estimate of drug-likeness (QED) is 0.619. The van der Waals surface area contributed by atoms with Gasteiger partial charge < -0.3 is 5.11 Å². The second-order valence-electron chi connectivity index (χ2n) is 6.40. The lowest BCUT2D eigenvalue weighted by Gasteiger charge is -2.15. The zero-order valence-corrected chi connectivity index (χ0v) is 15.7. The van der Waals surface area contributed by atoms with Crippen LogP contribution in [0.25, 0.3) is 12.2 Å². The highest BCUT2D eigenvalue weighted by Gasteiger charge is 2.23. The van der Waals surface area contributed by atoms with E-state index >= 15 is 0 Å². The Bertz CT molecular complexity index is 1060. The number of aromatic nitrogens is 1. The third kappa shape index (κ3) is 3.12. The predicted molar refractivity (Wildman–Crippen MR) is 104 cm³/mol. The fourth-order valence-electron chi connectivity index (χ4n) is 3.28. The fraction of sp³-hybridized carbons (Fsp3) is 0.316. The number of benzene rings is 1. The number of hydrogen-bond acceptors (Lipinski definition) is 3. The van der Waals surface area contributed by atoms with E-state index in [1.807, 2.05) is 18.2 Å². The van der Waals surface area contributed by atoms with Crippen LogP contribution in [-0.2, 0) is 7.05 Å². The molecule has 2 aromatic rings. The molecule has 4 nitrogen and oxygen atoms in total. The first-order valence-electron chi connectivity index (χ1n) is 8.52. The number of amidine groups is 1. The Hall–Kier alpha value is -2.05. The number of hydrogen-bond donors (Lipinski definition) is 1. The number of thiazole rings is 1. The molecule has 2 aliphatic rings. The third-order valence-electron chi connectivity index (χ3n) is 4.68. The van der Waals surface area contributed by atoms with Crippen molar-refractivity contribution in [1.29, 1.82) is 0 Å². The van der Waals surface area contributed by atoms with Gasteiger partial charge in [0, 0.05) is 12.3 Å². The highest BCUT2D eigenvalue weighted by Crippen LogP contribution is 2.28. The summed E-state index contributed by atoms with van der Waals surface area (Å²) in [6.07, 6.45) is 7.85. The van der Waals surface area contributed by atoms with E-state index in [0.29, 0.717) is 3.95 Å². The smallest absolute Gasteiger partial charge is 0.326 e. The van der Waals surface area contributed by atoms with Gasteiger partial charge in [0.1, 0.15) is 0 Å². The zero-order chi connectivity index (χ0) is 17.4. The summed E-state index contributed by atoms with van der Waals surface area (Å²) in [5.74, 6) is 1.22. The Morgan fingerprint density at radius 3 is 2.72 bits per heavy atom. The van der Waals surface area contributed by atoms with Crippen molar-refractivity contribution in [2.24, 2.45) is 12.0 Å². The lowest BCUT2D eigenvalue weighted by Crippen LogP contribution is -2.35. The minimum atomic E-state index is 0.216. The third-order valence-corrected chi connectivity index (χ3v) is 6.18. The van der Waals surface area contributed by atoms with Crippen molar-refractivity contribution in [3.8, 4) is 5.88 Å². The first kappa shape index (κ1) is 16.4. The molecule has 0 radical (unpaired) electrons. The topological polar surface area (TPSA) is 40.5 Å². The van der Waals surface area contributed by atoms with Crippen LogP contribution in [0.2, 0.25) is 0 Å². The van der Waals surface area contributed by atoms with Crippen molar-refractivity contribution < 1.29 is 9.68 Å². The van der Waals surface area contributed by atoms with Gasteiger partial charge in [0.05, 0.1) is 23.5 Å². The van der Waals surface area contributed by atoms with E-state index in [1.165, 1.54) is 30.6 Å². The van der Waals surface area contributed by atoms with Crippen molar-refractivity contribution in [3.63, 3.8) is 0 Å². The molecule has 1 aromatic carbocycles. The molecule has 0 atom stereocenters. The van der Waals surface area contributed by atoms with E-state index in [4.69, 9.17) is 17.2 Å². The van der Waals surface area contributed by atoms with Gasteiger partial charge in [-0.25, -0.2) is 0 Å². The van der Waals surface area contributed by atoms with Gasteiger partial charge in [0.2, 0.25) is 5.88 Å². The van der Waals surface area contributed by atoms with Crippen LogP contribution < -0.4 is 10.6 Å². The molecule has 4 rings (SSSR count). The van der Waals surface area contributed by atoms with Gasteiger partial charge >= 0.3 is 5.84 Å². The fourth-order valence-corrected chi connectivity index (χ4v) is 4.46. The average Bonchev–Trinajstić information content (AvgIpc) is 2.89. The summed E-state index contributed by atoms with van der Waals surface area (Å²) in [6.45, 7) is 2.06. The summed E-state index contributed by atoms with van der Waals surface area (Å²) < 4.78 is 4.67. The van der Waals surface area contributed by atoms with Gasteiger partial charge in [0.25, 0.3) is 0 Å². The van der Waals surface area contributed by atoms with E-state index in [-0.39, 0.29) is 5.88 Å². The van der Waals surface area contributed by atoms with E-state index in [1.54, 1.807) is 11.6 Å². The molecular weight excluding hydrogens is 350 g/mol. The summed E-state index contributed by atoms with van der Waals surface area (Å²) in [5, 5.41) is 12.4. The maximum atomic E-state index is 10.3. The number of nitrogens with zero attached hydrogens (tertiary/aromatic N) is 3. The highest BCUT2D eigenvalue weighted by atomic mass is 32.1. The molecule has 128 valence electrons. The summed E-state index contributed by atoms with van der Waals surface area (Å²) in [4.78, 5) is 5.72. The molecule has 0 saturated carbocycles. The molecule has 0 unspecified atom stereocenters. The van der Waals surface area contributed by atoms with Crippen molar-refractivity contribution in [2.75, 3.05) is 13.1 Å². The van der Waals surface area contributed by atoms with Crippen molar-refractivity contribution in [1.82, 2.24) is 4.57 Å². The van der Waals surface area contributed by atoms with Crippen molar-refractivity contribution in [3.05, 3.63) is 49.2 Å². The van der Waals surface area contributed by atoms with E-state index in [9.17, 15) is 5.11 Å². The normalized spacial score (nSPS) is 18.7. The van der Waals surface area contributed by atoms with Gasteiger partial charge in [0.15, 0.2) is 9.31 Å². The summed E-state index contributed by atoms with van der Waals surface area (Å²) in [7, 11) is 1.79. The van der Waals surface area contributed by atoms with Gasteiger partial charge in [-0.3, -0.25) is 9.14 Å². The van der Waals surface area contributed by atoms with Crippen LogP contribution in [0.15, 0.2) is 34.8 Å². The maximum Gasteiger partial charge on any atom is 0.326 e. The number of rotatable bonds is 1. The Morgan fingerprint density at radius 1 is 1.24 bits per heavy atom. The molecule has 0 bridgehead atoms. The Labute approximate surface area is 155 Å². The Morgan fingerprint density at radius 2 is 2.00 bits per heavy atom. The standard InChI is InChI=1S/C19H19N3OS2/c1-21-18(23)16(25-19(21)24)12-14-11-13-7-3-4-8-15(13)20-17(14)22-9-5-2-6-10-22/h3-4,7-8,11-12H,2,5-6,9-10H2,1H3/p+1. The number of fused-ring (bicyclic) bond motifs is 1. The molecule has 2 aliphatic heterocycles. The van der Waals surface area contributed by atoms with Crippen LogP contribution in [0.4, 0.5) is 0 Å². The van der Waals surface area contributed by atoms with Crippen LogP contribution in [-0.4, -0.2) is 33.2 Å². The number of para-hydroxylation sites is 1. The second kappa shape index (κ2) is 6.69. The average molecular weight is 371 g/mol. The summed E-state index contributed by atoms with van der Waals surface area (Å²) in [6, 6.07) is 8.18. The van der Waals surface area contributed by atoms with E-state index in [0.717, 1.165) is 40.0 Å². The van der Waals surface area contributed by atoms with Crippen LogP contribution in [0.5, 0.6) is 5.88 Å². The lowest BCUT2D eigenvalue weighted by atomic mass is 10.1. The molecule has 6 heteroatoms. The van der Waals surface area contributed by atoms with Crippen LogP contribution in [0.3, 0.4) is 0 Å². The highest BCUT2D eigenvalue weighted by molar-refractivity contribution is 7.73. The first-order valence-corrected chi connectivity index (χ1v) is 9.74. The summed E-state index contributed by atoms with van der Waals surface area (Å²) >= 11 is 6.71. The number of piperidine rings is 1. The molecule has 1 saturated heterocycles. The molecule has 25 heavy (non-hydrogen) atoms. The zero-order valence-electron chi connectivity index (χ0n) is 14.1. The molecule has 3 heterocycles. The lowest BCUT2D eigenvalue weighted by molar-refractivity contribution is -0.537. The monoisotopic (exact) mass is 370 g/mol. The van der Waals surface area contributed by atoms with Crippen LogP contribution >= 0.6 is 23.6 Å². The Balaban J connectivity index is 1.94. The van der Waals surface area contributed by atoms with Crippen LogP contribution in [0, 0.1) is 3.95 Å². The SMILES string of the molecule is Cn1c(O)c(/C=C2\C=c3ccccc3=NC2=[N+]2CCCCC2)sc1=S. The molecule has 1 aromatic heterocycles.